The first-order chi connectivity index (χ1) is 15.0. The number of nitro benzene ring substituents is 1. The molecule has 2 N–H and O–H groups in total. The average molecular weight is 412 g/mol. The fraction of sp³-hybridized carbons (Fsp3) is 0.0800. The monoisotopic (exact) mass is 412 g/mol. The van der Waals surface area contributed by atoms with Crippen molar-refractivity contribution in [3.8, 4) is 5.75 Å². The molecule has 31 heavy (non-hydrogen) atoms. The lowest BCUT2D eigenvalue weighted by molar-refractivity contribution is -0.385. The van der Waals surface area contributed by atoms with Crippen LogP contribution < -0.4 is 5.32 Å². The number of aromatic hydroxyl groups is 1. The van der Waals surface area contributed by atoms with Crippen LogP contribution in [0.2, 0.25) is 0 Å². The lowest BCUT2D eigenvalue weighted by Gasteiger charge is -2.23. The third-order valence-corrected chi connectivity index (χ3v) is 5.30. The van der Waals surface area contributed by atoms with Gasteiger partial charge < -0.3 is 10.4 Å². The summed E-state index contributed by atoms with van der Waals surface area (Å²) in [6, 6.07) is 24.1. The number of aryl methyl sites for hydroxylation is 1. The molecule has 0 radical (unpaired) electrons. The number of hydrogen-bond acceptors (Lipinski definition) is 4. The van der Waals surface area contributed by atoms with Gasteiger partial charge in [-0.15, -0.1) is 0 Å². The quantitative estimate of drug-likeness (QED) is 0.344. The zero-order valence-corrected chi connectivity index (χ0v) is 16.8. The van der Waals surface area contributed by atoms with E-state index in [1.165, 1.54) is 18.2 Å². The van der Waals surface area contributed by atoms with Gasteiger partial charge in [0, 0.05) is 22.8 Å². The van der Waals surface area contributed by atoms with Crippen molar-refractivity contribution in [3.05, 3.63) is 117 Å². The normalized spacial score (nSPS) is 11.8. The molecule has 0 aliphatic heterocycles. The van der Waals surface area contributed by atoms with Gasteiger partial charge in [0.05, 0.1) is 11.0 Å². The molecule has 4 aromatic rings. The first-order valence-corrected chi connectivity index (χ1v) is 9.77. The maximum absolute atomic E-state index is 13.1. The van der Waals surface area contributed by atoms with E-state index in [9.17, 15) is 20.0 Å². The van der Waals surface area contributed by atoms with Gasteiger partial charge in [-0.1, -0.05) is 60.7 Å². The Morgan fingerprint density at radius 1 is 0.968 bits per heavy atom. The van der Waals surface area contributed by atoms with Crippen molar-refractivity contribution in [1.29, 1.82) is 0 Å². The van der Waals surface area contributed by atoms with E-state index in [1.807, 2.05) is 60.7 Å². The molecule has 0 heterocycles. The lowest BCUT2D eigenvalue weighted by atomic mass is 9.92. The molecule has 0 saturated heterocycles. The van der Waals surface area contributed by atoms with Crippen LogP contribution in [0.4, 0.5) is 5.69 Å². The van der Waals surface area contributed by atoms with E-state index in [-0.39, 0.29) is 17.3 Å². The Bertz CT molecular complexity index is 1290. The number of fused-ring (bicyclic) bond motifs is 1. The summed E-state index contributed by atoms with van der Waals surface area (Å²) in [7, 11) is 0. The number of nitrogens with zero attached hydrogens (tertiary/aromatic N) is 1. The van der Waals surface area contributed by atoms with Gasteiger partial charge in [0.25, 0.3) is 11.6 Å². The van der Waals surface area contributed by atoms with E-state index in [4.69, 9.17) is 0 Å². The number of nitrogens with one attached hydrogen (secondary N) is 1. The largest absolute Gasteiger partial charge is 0.508 e. The van der Waals surface area contributed by atoms with Crippen molar-refractivity contribution in [2.24, 2.45) is 0 Å². The van der Waals surface area contributed by atoms with Crippen LogP contribution in [0.3, 0.4) is 0 Å². The van der Waals surface area contributed by atoms with Crippen LogP contribution in [0.1, 0.15) is 33.1 Å². The van der Waals surface area contributed by atoms with Gasteiger partial charge in [-0.3, -0.25) is 14.9 Å². The molecule has 0 aliphatic carbocycles. The highest BCUT2D eigenvalue weighted by molar-refractivity contribution is 5.96. The molecular weight excluding hydrogens is 392 g/mol. The number of amides is 1. The van der Waals surface area contributed by atoms with Crippen LogP contribution in [0.5, 0.6) is 5.75 Å². The second kappa shape index (κ2) is 8.28. The summed E-state index contributed by atoms with van der Waals surface area (Å²) >= 11 is 0. The number of hydrogen-bond donors (Lipinski definition) is 2. The number of phenols is 1. The van der Waals surface area contributed by atoms with E-state index < -0.39 is 11.0 Å². The minimum Gasteiger partial charge on any atom is -0.508 e. The molecule has 4 rings (SSSR count). The number of carbonyl (C=O) groups excluding carboxylic acids is 1. The van der Waals surface area contributed by atoms with Gasteiger partial charge >= 0.3 is 0 Å². The molecule has 0 aliphatic rings. The standard InChI is InChI=1S/C25H20N2O4/c1-16-15-19(11-13-21(16)27(30)31)25(29)26-24(18-8-3-2-4-9-18)23-20-10-6-5-7-17(20)12-14-22(23)28/h2-15,24,28H,1H3,(H,26,29). The van der Waals surface area contributed by atoms with Gasteiger partial charge in [-0.25, -0.2) is 0 Å². The fourth-order valence-electron chi connectivity index (χ4n) is 3.77. The molecule has 154 valence electrons. The van der Waals surface area contributed by atoms with E-state index in [0.29, 0.717) is 16.7 Å². The van der Waals surface area contributed by atoms with Crippen molar-refractivity contribution >= 4 is 22.4 Å². The number of phenolic OH excluding ortho intramolecular Hbond substituents is 1. The van der Waals surface area contributed by atoms with Gasteiger partial charge in [-0.2, -0.15) is 0 Å². The van der Waals surface area contributed by atoms with E-state index in [1.54, 1.807) is 13.0 Å². The van der Waals surface area contributed by atoms with Crippen LogP contribution in [0.25, 0.3) is 10.8 Å². The van der Waals surface area contributed by atoms with E-state index >= 15 is 0 Å². The summed E-state index contributed by atoms with van der Waals surface area (Å²) in [5.41, 5.74) is 2.07. The molecule has 1 atom stereocenters. The first-order valence-electron chi connectivity index (χ1n) is 9.77. The molecule has 0 aromatic heterocycles. The van der Waals surface area contributed by atoms with Crippen LogP contribution in [0, 0.1) is 17.0 Å². The summed E-state index contributed by atoms with van der Waals surface area (Å²) in [6.07, 6.45) is 0. The highest BCUT2D eigenvalue weighted by Gasteiger charge is 2.23. The fourth-order valence-corrected chi connectivity index (χ4v) is 3.77. The van der Waals surface area contributed by atoms with Gasteiger partial charge in [0.2, 0.25) is 0 Å². The maximum atomic E-state index is 13.1. The van der Waals surface area contributed by atoms with Crippen molar-refractivity contribution in [1.82, 2.24) is 5.32 Å². The number of rotatable bonds is 5. The topological polar surface area (TPSA) is 92.5 Å². The number of nitro groups is 1. The molecule has 0 bridgehead atoms. The summed E-state index contributed by atoms with van der Waals surface area (Å²) in [4.78, 5) is 23.7. The Kier molecular flexibility index (Phi) is 5.37. The molecular formula is C25H20N2O4. The van der Waals surface area contributed by atoms with Crippen molar-refractivity contribution < 1.29 is 14.8 Å². The summed E-state index contributed by atoms with van der Waals surface area (Å²) in [5.74, 6) is -0.313. The molecule has 0 fully saturated rings. The van der Waals surface area contributed by atoms with Crippen molar-refractivity contribution in [2.45, 2.75) is 13.0 Å². The second-order valence-corrected chi connectivity index (χ2v) is 7.30. The molecule has 0 spiro atoms. The van der Waals surface area contributed by atoms with E-state index in [2.05, 4.69) is 5.32 Å². The molecule has 6 nitrogen and oxygen atoms in total. The minimum absolute atomic E-state index is 0.0390. The highest BCUT2D eigenvalue weighted by atomic mass is 16.6. The van der Waals surface area contributed by atoms with Crippen LogP contribution >= 0.6 is 0 Å². The summed E-state index contributed by atoms with van der Waals surface area (Å²) in [5, 5.41) is 26.6. The predicted octanol–water partition coefficient (Wildman–Crippen LogP) is 5.28. The Labute approximate surface area is 178 Å². The molecule has 1 amide bonds. The van der Waals surface area contributed by atoms with Gasteiger partial charge in [-0.05, 0) is 41.5 Å². The minimum atomic E-state index is -0.615. The Balaban J connectivity index is 1.80. The molecule has 0 saturated carbocycles. The Hall–Kier alpha value is -4.19. The third-order valence-electron chi connectivity index (χ3n) is 5.30. The average Bonchev–Trinajstić information content (AvgIpc) is 2.78. The molecule has 4 aromatic carbocycles. The first kappa shape index (κ1) is 20.1. The number of benzene rings is 4. The van der Waals surface area contributed by atoms with Gasteiger partial charge in [0.1, 0.15) is 5.75 Å². The zero-order valence-electron chi connectivity index (χ0n) is 16.8. The smallest absolute Gasteiger partial charge is 0.272 e. The summed E-state index contributed by atoms with van der Waals surface area (Å²) < 4.78 is 0. The highest BCUT2D eigenvalue weighted by Crippen LogP contribution is 2.36. The third kappa shape index (κ3) is 3.96. The second-order valence-electron chi connectivity index (χ2n) is 7.30. The summed E-state index contributed by atoms with van der Waals surface area (Å²) in [6.45, 7) is 1.60. The zero-order chi connectivity index (χ0) is 22.0. The van der Waals surface area contributed by atoms with Crippen LogP contribution in [-0.2, 0) is 0 Å². The van der Waals surface area contributed by atoms with Crippen LogP contribution in [0.15, 0.2) is 84.9 Å². The lowest BCUT2D eigenvalue weighted by Crippen LogP contribution is -2.29. The van der Waals surface area contributed by atoms with E-state index in [0.717, 1.165) is 16.3 Å². The maximum Gasteiger partial charge on any atom is 0.272 e. The SMILES string of the molecule is Cc1cc(C(=O)NC(c2ccccc2)c2c(O)ccc3ccccc23)ccc1[N+](=O)[O-]. The molecule has 6 heteroatoms. The van der Waals surface area contributed by atoms with Crippen LogP contribution in [-0.4, -0.2) is 15.9 Å². The van der Waals surface area contributed by atoms with Crippen molar-refractivity contribution in [3.63, 3.8) is 0 Å². The Morgan fingerprint density at radius 2 is 1.68 bits per heavy atom. The molecule has 1 unspecified atom stereocenters. The van der Waals surface area contributed by atoms with Crippen molar-refractivity contribution in [2.75, 3.05) is 0 Å². The number of carbonyl (C=O) groups is 1. The Morgan fingerprint density at radius 3 is 2.39 bits per heavy atom. The predicted molar refractivity (Wildman–Crippen MR) is 119 cm³/mol. The van der Waals surface area contributed by atoms with Gasteiger partial charge in [0.15, 0.2) is 0 Å².